The number of aromatic hydroxyl groups is 1. The van der Waals surface area contributed by atoms with Crippen LogP contribution in [0.25, 0.3) is 22.6 Å². The van der Waals surface area contributed by atoms with Crippen LogP contribution in [0.5, 0.6) is 5.75 Å². The molecule has 0 aliphatic heterocycles. The summed E-state index contributed by atoms with van der Waals surface area (Å²) in [5.41, 5.74) is 2.57. The first kappa shape index (κ1) is 11.8. The number of phenols is 1. The zero-order chi connectivity index (χ0) is 13.2. The zero-order valence-electron chi connectivity index (χ0n) is 9.97. The maximum Gasteiger partial charge on any atom is 0.141 e. The monoisotopic (exact) mass is 270 g/mol. The number of aromatic nitrogens is 2. The summed E-state index contributed by atoms with van der Waals surface area (Å²) in [6.45, 7) is 0. The molecule has 0 bridgehead atoms. The van der Waals surface area contributed by atoms with Crippen LogP contribution in [-0.4, -0.2) is 15.1 Å². The Hall–Kier alpha value is -2.26. The number of aromatic amines is 1. The van der Waals surface area contributed by atoms with Crippen molar-refractivity contribution in [2.24, 2.45) is 0 Å². The predicted molar refractivity (Wildman–Crippen MR) is 76.1 cm³/mol. The first-order chi connectivity index (χ1) is 9.24. The summed E-state index contributed by atoms with van der Waals surface area (Å²) in [5.74, 6) is 0.850. The van der Waals surface area contributed by atoms with E-state index >= 15 is 0 Å². The molecule has 0 radical (unpaired) electrons. The van der Waals surface area contributed by atoms with Gasteiger partial charge < -0.3 is 10.1 Å². The molecule has 3 aromatic rings. The summed E-state index contributed by atoms with van der Waals surface area (Å²) in [7, 11) is 0. The molecule has 0 amide bonds. The third-order valence-electron chi connectivity index (χ3n) is 2.89. The van der Waals surface area contributed by atoms with Gasteiger partial charge in [0.25, 0.3) is 0 Å². The van der Waals surface area contributed by atoms with Gasteiger partial charge in [-0.1, -0.05) is 35.9 Å². The Morgan fingerprint density at radius 2 is 1.74 bits per heavy atom. The van der Waals surface area contributed by atoms with Crippen LogP contribution >= 0.6 is 11.6 Å². The number of benzene rings is 2. The summed E-state index contributed by atoms with van der Waals surface area (Å²) in [6, 6.07) is 14.6. The van der Waals surface area contributed by atoms with Crippen molar-refractivity contribution in [1.82, 2.24) is 9.97 Å². The second kappa shape index (κ2) is 4.78. The highest BCUT2D eigenvalue weighted by atomic mass is 35.5. The van der Waals surface area contributed by atoms with Crippen LogP contribution in [0.2, 0.25) is 5.02 Å². The lowest BCUT2D eigenvalue weighted by Gasteiger charge is -2.00. The molecule has 0 saturated carbocycles. The second-order valence-electron chi connectivity index (χ2n) is 4.17. The molecule has 0 aliphatic rings. The second-order valence-corrected chi connectivity index (χ2v) is 4.61. The van der Waals surface area contributed by atoms with E-state index in [0.29, 0.717) is 16.4 Å². The van der Waals surface area contributed by atoms with Gasteiger partial charge in [-0.2, -0.15) is 0 Å². The normalized spacial score (nSPS) is 10.6. The van der Waals surface area contributed by atoms with Gasteiger partial charge in [-0.15, -0.1) is 0 Å². The molecule has 94 valence electrons. The van der Waals surface area contributed by atoms with Crippen molar-refractivity contribution in [3.63, 3.8) is 0 Å². The van der Waals surface area contributed by atoms with E-state index in [1.54, 1.807) is 18.3 Å². The summed E-state index contributed by atoms with van der Waals surface area (Å²) < 4.78 is 0. The molecule has 19 heavy (non-hydrogen) atoms. The SMILES string of the molecule is Oc1ccccc1-c1ncc(-c2ccc(Cl)cc2)[nH]1. The van der Waals surface area contributed by atoms with E-state index in [-0.39, 0.29) is 5.75 Å². The van der Waals surface area contributed by atoms with Gasteiger partial charge in [-0.05, 0) is 29.8 Å². The molecule has 1 aromatic heterocycles. The van der Waals surface area contributed by atoms with E-state index in [0.717, 1.165) is 11.3 Å². The Bertz CT molecular complexity index is 704. The fourth-order valence-corrected chi connectivity index (χ4v) is 2.03. The molecular weight excluding hydrogens is 260 g/mol. The quantitative estimate of drug-likeness (QED) is 0.736. The predicted octanol–water partition coefficient (Wildman–Crippen LogP) is 4.10. The van der Waals surface area contributed by atoms with Crippen molar-refractivity contribution in [1.29, 1.82) is 0 Å². The van der Waals surface area contributed by atoms with Gasteiger partial charge in [0.05, 0.1) is 17.5 Å². The Kier molecular flexibility index (Phi) is 2.97. The van der Waals surface area contributed by atoms with Crippen LogP contribution < -0.4 is 0 Å². The number of imidazole rings is 1. The van der Waals surface area contributed by atoms with Crippen molar-refractivity contribution in [3.05, 3.63) is 59.8 Å². The van der Waals surface area contributed by atoms with Crippen LogP contribution in [0.4, 0.5) is 0 Å². The van der Waals surface area contributed by atoms with Crippen LogP contribution in [0, 0.1) is 0 Å². The van der Waals surface area contributed by atoms with Crippen molar-refractivity contribution in [2.75, 3.05) is 0 Å². The molecule has 2 aromatic carbocycles. The molecule has 2 N–H and O–H groups in total. The fourth-order valence-electron chi connectivity index (χ4n) is 1.91. The van der Waals surface area contributed by atoms with Gasteiger partial charge in [-0.3, -0.25) is 0 Å². The molecule has 3 nitrogen and oxygen atoms in total. The number of H-pyrrole nitrogens is 1. The Balaban J connectivity index is 2.00. The molecule has 0 unspecified atom stereocenters. The van der Waals surface area contributed by atoms with Gasteiger partial charge in [0.2, 0.25) is 0 Å². The summed E-state index contributed by atoms with van der Waals surface area (Å²) in [5, 5.41) is 10.5. The van der Waals surface area contributed by atoms with E-state index in [9.17, 15) is 5.11 Å². The lowest BCUT2D eigenvalue weighted by Crippen LogP contribution is -1.82. The lowest BCUT2D eigenvalue weighted by atomic mass is 10.2. The molecule has 0 atom stereocenters. The summed E-state index contributed by atoms with van der Waals surface area (Å²) in [4.78, 5) is 7.49. The van der Waals surface area contributed by atoms with Crippen molar-refractivity contribution >= 4 is 11.6 Å². The van der Waals surface area contributed by atoms with Crippen LogP contribution in [-0.2, 0) is 0 Å². The number of hydrogen-bond acceptors (Lipinski definition) is 2. The summed E-state index contributed by atoms with van der Waals surface area (Å²) in [6.07, 6.45) is 1.74. The first-order valence-corrected chi connectivity index (χ1v) is 6.21. The van der Waals surface area contributed by atoms with E-state index in [1.165, 1.54) is 0 Å². The number of hydrogen-bond donors (Lipinski definition) is 2. The molecule has 0 aliphatic carbocycles. The number of halogens is 1. The molecule has 0 saturated heterocycles. The minimum absolute atomic E-state index is 0.208. The third kappa shape index (κ3) is 2.33. The molecular formula is C15H11ClN2O. The highest BCUT2D eigenvalue weighted by Gasteiger charge is 2.08. The number of nitrogens with one attached hydrogen (secondary N) is 1. The van der Waals surface area contributed by atoms with Crippen LogP contribution in [0.3, 0.4) is 0 Å². The number of para-hydroxylation sites is 1. The maximum absolute atomic E-state index is 9.80. The fraction of sp³-hybridized carbons (Fsp3) is 0. The van der Waals surface area contributed by atoms with Gasteiger partial charge in [0.15, 0.2) is 0 Å². The van der Waals surface area contributed by atoms with Crippen molar-refractivity contribution in [3.8, 4) is 28.4 Å². The minimum atomic E-state index is 0.208. The van der Waals surface area contributed by atoms with Crippen molar-refractivity contribution in [2.45, 2.75) is 0 Å². The summed E-state index contributed by atoms with van der Waals surface area (Å²) >= 11 is 5.86. The Morgan fingerprint density at radius 3 is 2.47 bits per heavy atom. The van der Waals surface area contributed by atoms with E-state index < -0.39 is 0 Å². The molecule has 0 fully saturated rings. The van der Waals surface area contributed by atoms with E-state index in [4.69, 9.17) is 11.6 Å². The highest BCUT2D eigenvalue weighted by Crippen LogP contribution is 2.28. The first-order valence-electron chi connectivity index (χ1n) is 5.83. The van der Waals surface area contributed by atoms with Gasteiger partial charge >= 0.3 is 0 Å². The van der Waals surface area contributed by atoms with Gasteiger partial charge in [-0.25, -0.2) is 4.98 Å². The smallest absolute Gasteiger partial charge is 0.141 e. The van der Waals surface area contributed by atoms with Crippen LogP contribution in [0.1, 0.15) is 0 Å². The molecule has 4 heteroatoms. The number of rotatable bonds is 2. The molecule has 3 rings (SSSR count). The molecule has 1 heterocycles. The standard InChI is InChI=1S/C15H11ClN2O/c16-11-7-5-10(6-8-11)13-9-17-15(18-13)12-3-1-2-4-14(12)19/h1-9,19H,(H,17,18). The average Bonchev–Trinajstić information content (AvgIpc) is 2.89. The number of phenolic OH excluding ortho intramolecular Hbond substituents is 1. The highest BCUT2D eigenvalue weighted by molar-refractivity contribution is 6.30. The largest absolute Gasteiger partial charge is 0.507 e. The van der Waals surface area contributed by atoms with Gasteiger partial charge in [0, 0.05) is 5.02 Å². The van der Waals surface area contributed by atoms with E-state index in [1.807, 2.05) is 36.4 Å². The minimum Gasteiger partial charge on any atom is -0.507 e. The zero-order valence-corrected chi connectivity index (χ0v) is 10.7. The van der Waals surface area contributed by atoms with Crippen molar-refractivity contribution < 1.29 is 5.11 Å². The lowest BCUT2D eigenvalue weighted by molar-refractivity contribution is 0.477. The Morgan fingerprint density at radius 1 is 1.00 bits per heavy atom. The molecule has 0 spiro atoms. The van der Waals surface area contributed by atoms with E-state index in [2.05, 4.69) is 9.97 Å². The topological polar surface area (TPSA) is 48.9 Å². The average molecular weight is 271 g/mol. The number of nitrogens with zero attached hydrogens (tertiary/aromatic N) is 1. The maximum atomic E-state index is 9.80. The van der Waals surface area contributed by atoms with Crippen LogP contribution in [0.15, 0.2) is 54.7 Å². The Labute approximate surface area is 115 Å². The third-order valence-corrected chi connectivity index (χ3v) is 3.14. The van der Waals surface area contributed by atoms with Gasteiger partial charge in [0.1, 0.15) is 11.6 Å².